The van der Waals surface area contributed by atoms with E-state index < -0.39 is 22.4 Å². The molecule has 2 atom stereocenters. The van der Waals surface area contributed by atoms with Gasteiger partial charge in [-0.15, -0.1) is 0 Å². The number of carboxylic acid groups (broad SMARTS) is 2. The number of nitro benzene ring substituents is 1. The first-order valence-electron chi connectivity index (χ1n) is 11.5. The first-order chi connectivity index (χ1) is 14.7. The maximum atomic E-state index is 12.1. The minimum atomic E-state index is -1.43. The van der Waals surface area contributed by atoms with Crippen LogP contribution in [-0.2, 0) is 12.8 Å². The Balaban J connectivity index is 3.70. The van der Waals surface area contributed by atoms with Crippen LogP contribution in [0.25, 0.3) is 0 Å². The van der Waals surface area contributed by atoms with E-state index in [2.05, 4.69) is 13.8 Å². The van der Waals surface area contributed by atoms with E-state index in [1.165, 1.54) is 6.07 Å². The summed E-state index contributed by atoms with van der Waals surface area (Å²) in [5.41, 5.74) is -0.568. The first kappa shape index (κ1) is 26.6. The molecule has 0 aliphatic rings. The fourth-order valence-electron chi connectivity index (χ4n) is 4.27. The van der Waals surface area contributed by atoms with E-state index in [1.54, 1.807) is 0 Å². The number of carboxylic acids is 2. The SMILES string of the molecule is CCCCC(CC)Cc1cc(C(=O)O)c(C(=O)O)c(CC(CC)CCCC)c1[N+](=O)[O-]. The molecule has 0 spiro atoms. The van der Waals surface area contributed by atoms with Gasteiger partial charge in [0.25, 0.3) is 5.69 Å². The van der Waals surface area contributed by atoms with Crippen molar-refractivity contribution >= 4 is 17.6 Å². The molecule has 0 radical (unpaired) electrons. The van der Waals surface area contributed by atoms with Gasteiger partial charge >= 0.3 is 11.9 Å². The zero-order chi connectivity index (χ0) is 23.6. The van der Waals surface area contributed by atoms with Crippen molar-refractivity contribution < 1.29 is 24.7 Å². The summed E-state index contributed by atoms with van der Waals surface area (Å²) in [5.74, 6) is -2.54. The highest BCUT2D eigenvalue weighted by Gasteiger charge is 2.33. The highest BCUT2D eigenvalue weighted by molar-refractivity contribution is 6.04. The summed E-state index contributed by atoms with van der Waals surface area (Å²) < 4.78 is 0. The fourth-order valence-corrected chi connectivity index (χ4v) is 4.27. The predicted octanol–water partition coefficient (Wildman–Crippen LogP) is 6.51. The van der Waals surface area contributed by atoms with E-state index in [0.717, 1.165) is 51.4 Å². The number of nitrogens with zero attached hydrogens (tertiary/aromatic N) is 1. The Bertz CT molecular complexity index is 774. The fraction of sp³-hybridized carbons (Fsp3) is 0.667. The topological polar surface area (TPSA) is 118 Å². The summed E-state index contributed by atoms with van der Waals surface area (Å²) in [4.78, 5) is 35.6. The van der Waals surface area contributed by atoms with Crippen LogP contribution in [0.1, 0.15) is 111 Å². The lowest BCUT2D eigenvalue weighted by Crippen LogP contribution is -2.19. The Labute approximate surface area is 185 Å². The van der Waals surface area contributed by atoms with Crippen LogP contribution < -0.4 is 0 Å². The monoisotopic (exact) mass is 435 g/mol. The molecule has 0 bridgehead atoms. The third-order valence-corrected chi connectivity index (χ3v) is 6.19. The molecule has 1 rings (SSSR count). The van der Waals surface area contributed by atoms with Crippen LogP contribution in [0.3, 0.4) is 0 Å². The number of benzene rings is 1. The van der Waals surface area contributed by atoms with Gasteiger partial charge in [0, 0.05) is 11.1 Å². The van der Waals surface area contributed by atoms with Crippen molar-refractivity contribution in [2.45, 2.75) is 91.9 Å². The molecule has 0 aliphatic heterocycles. The molecule has 0 saturated carbocycles. The first-order valence-corrected chi connectivity index (χ1v) is 11.5. The van der Waals surface area contributed by atoms with Crippen molar-refractivity contribution in [3.05, 3.63) is 38.4 Å². The van der Waals surface area contributed by atoms with E-state index in [9.17, 15) is 29.9 Å². The second-order valence-corrected chi connectivity index (χ2v) is 8.39. The smallest absolute Gasteiger partial charge is 0.337 e. The number of hydrogen-bond acceptors (Lipinski definition) is 4. The van der Waals surface area contributed by atoms with Crippen LogP contribution in [0.15, 0.2) is 6.07 Å². The van der Waals surface area contributed by atoms with Crippen LogP contribution in [0.2, 0.25) is 0 Å². The van der Waals surface area contributed by atoms with Crippen molar-refractivity contribution in [3.63, 3.8) is 0 Å². The second-order valence-electron chi connectivity index (χ2n) is 8.39. The highest BCUT2D eigenvalue weighted by Crippen LogP contribution is 2.36. The highest BCUT2D eigenvalue weighted by atomic mass is 16.6. The van der Waals surface area contributed by atoms with Gasteiger partial charge in [-0.25, -0.2) is 9.59 Å². The molecule has 31 heavy (non-hydrogen) atoms. The van der Waals surface area contributed by atoms with Gasteiger partial charge in [0.05, 0.1) is 16.1 Å². The Kier molecular flexibility index (Phi) is 11.2. The van der Waals surface area contributed by atoms with Gasteiger partial charge in [0.2, 0.25) is 0 Å². The molecule has 7 nitrogen and oxygen atoms in total. The summed E-state index contributed by atoms with van der Waals surface area (Å²) >= 11 is 0. The molecule has 174 valence electrons. The number of hydrogen-bond donors (Lipinski definition) is 2. The van der Waals surface area contributed by atoms with Crippen molar-refractivity contribution in [2.24, 2.45) is 11.8 Å². The van der Waals surface area contributed by atoms with Crippen molar-refractivity contribution in [1.29, 1.82) is 0 Å². The summed E-state index contributed by atoms with van der Waals surface area (Å²) in [6.07, 6.45) is 7.79. The minimum Gasteiger partial charge on any atom is -0.478 e. The van der Waals surface area contributed by atoms with Gasteiger partial charge in [0.15, 0.2) is 0 Å². The number of unbranched alkanes of at least 4 members (excludes halogenated alkanes) is 2. The summed E-state index contributed by atoms with van der Waals surface area (Å²) in [6.45, 7) is 8.14. The zero-order valence-corrected chi connectivity index (χ0v) is 19.3. The lowest BCUT2D eigenvalue weighted by atomic mass is 9.83. The van der Waals surface area contributed by atoms with E-state index in [1.807, 2.05) is 13.8 Å². The third kappa shape index (κ3) is 7.33. The molecule has 0 saturated heterocycles. The summed E-state index contributed by atoms with van der Waals surface area (Å²) in [7, 11) is 0. The van der Waals surface area contributed by atoms with Crippen LogP contribution in [-0.4, -0.2) is 27.1 Å². The third-order valence-electron chi connectivity index (χ3n) is 6.19. The van der Waals surface area contributed by atoms with Crippen LogP contribution in [0.5, 0.6) is 0 Å². The van der Waals surface area contributed by atoms with Crippen LogP contribution in [0.4, 0.5) is 5.69 Å². The Morgan fingerprint density at radius 3 is 1.84 bits per heavy atom. The lowest BCUT2D eigenvalue weighted by Gasteiger charge is -2.20. The number of nitro groups is 1. The maximum Gasteiger partial charge on any atom is 0.337 e. The molecule has 0 aliphatic carbocycles. The second kappa shape index (κ2) is 13.1. The standard InChI is InChI=1S/C24H37NO6/c1-5-9-11-16(7-3)13-18-15-20(23(26)27)21(24(28)29)19(22(18)25(30)31)14-17(8-4)12-10-6-2/h15-17H,5-14H2,1-4H3,(H,26,27)(H,28,29). The van der Waals surface area contributed by atoms with E-state index in [4.69, 9.17) is 0 Å². The molecule has 2 unspecified atom stereocenters. The van der Waals surface area contributed by atoms with Gasteiger partial charge in [0.1, 0.15) is 0 Å². The maximum absolute atomic E-state index is 12.1. The van der Waals surface area contributed by atoms with Gasteiger partial charge in [-0.3, -0.25) is 10.1 Å². The van der Waals surface area contributed by atoms with E-state index in [-0.39, 0.29) is 35.1 Å². The molecule has 2 N–H and O–H groups in total. The van der Waals surface area contributed by atoms with Gasteiger partial charge in [-0.05, 0) is 30.7 Å². The predicted molar refractivity (Wildman–Crippen MR) is 121 cm³/mol. The molecule has 1 aromatic carbocycles. The largest absolute Gasteiger partial charge is 0.478 e. The Morgan fingerprint density at radius 1 is 0.935 bits per heavy atom. The Hall–Kier alpha value is -2.44. The number of rotatable bonds is 15. The quantitative estimate of drug-likeness (QED) is 0.239. The molecule has 7 heteroatoms. The van der Waals surface area contributed by atoms with Crippen molar-refractivity contribution in [1.82, 2.24) is 0 Å². The van der Waals surface area contributed by atoms with Crippen molar-refractivity contribution in [3.8, 4) is 0 Å². The van der Waals surface area contributed by atoms with Crippen LogP contribution in [0, 0.1) is 22.0 Å². The summed E-state index contributed by atoms with van der Waals surface area (Å²) in [6, 6.07) is 1.23. The molecule has 0 fully saturated rings. The zero-order valence-electron chi connectivity index (χ0n) is 19.3. The number of carbonyl (C=O) groups is 2. The molecule has 0 heterocycles. The summed E-state index contributed by atoms with van der Waals surface area (Å²) in [5, 5.41) is 31.7. The lowest BCUT2D eigenvalue weighted by molar-refractivity contribution is -0.386. The molecule has 0 aromatic heterocycles. The molecule has 0 amide bonds. The average molecular weight is 436 g/mol. The normalized spacial score (nSPS) is 13.0. The molecule has 1 aromatic rings. The molecular formula is C24H37NO6. The van der Waals surface area contributed by atoms with Gasteiger partial charge < -0.3 is 10.2 Å². The van der Waals surface area contributed by atoms with E-state index in [0.29, 0.717) is 12.0 Å². The van der Waals surface area contributed by atoms with Crippen LogP contribution >= 0.6 is 0 Å². The van der Waals surface area contributed by atoms with Gasteiger partial charge in [-0.2, -0.15) is 0 Å². The minimum absolute atomic E-state index is 0.0655. The van der Waals surface area contributed by atoms with E-state index >= 15 is 0 Å². The van der Waals surface area contributed by atoms with Crippen molar-refractivity contribution in [2.75, 3.05) is 0 Å². The number of aromatic carboxylic acids is 2. The Morgan fingerprint density at radius 2 is 1.45 bits per heavy atom. The molecular weight excluding hydrogens is 398 g/mol. The van der Waals surface area contributed by atoms with Gasteiger partial charge in [-0.1, -0.05) is 79.1 Å². The average Bonchev–Trinajstić information content (AvgIpc) is 2.72.